The number of nitrogen functional groups attached to an aromatic ring is 1. The van der Waals surface area contributed by atoms with E-state index in [1.54, 1.807) is 18.9 Å². The lowest BCUT2D eigenvalue weighted by molar-refractivity contribution is -0.136. The van der Waals surface area contributed by atoms with Crippen LogP contribution < -0.4 is 25.8 Å². The molecular formula is C24H30N8O4. The number of rotatable bonds is 12. The number of nitrogens with zero attached hydrogens (tertiary/aromatic N) is 5. The normalized spacial score (nSPS) is 13.0. The first-order valence-corrected chi connectivity index (χ1v) is 11.7. The molecule has 12 nitrogen and oxygen atoms in total. The highest BCUT2D eigenvalue weighted by molar-refractivity contribution is 6.12. The van der Waals surface area contributed by atoms with Crippen LogP contribution in [0.2, 0.25) is 0 Å². The highest BCUT2D eigenvalue weighted by Crippen LogP contribution is 2.34. The van der Waals surface area contributed by atoms with E-state index in [1.165, 1.54) is 17.1 Å². The predicted molar refractivity (Wildman–Crippen MR) is 136 cm³/mol. The Labute approximate surface area is 208 Å². The lowest BCUT2D eigenvalue weighted by Gasteiger charge is -2.18. The van der Waals surface area contributed by atoms with E-state index in [4.69, 9.17) is 15.2 Å². The fraction of sp³-hybridized carbons (Fsp3) is 0.375. The van der Waals surface area contributed by atoms with Crippen LogP contribution in [-0.2, 0) is 16.1 Å². The zero-order chi connectivity index (χ0) is 25.7. The standard InChI is InChI=1S/C24H30N8O4/c1-4-5-8-27-23-22-17(28-24(25)29-23)14-31(30-22)13-16-18(35-2)11-15(12-19(16)36-3)26-9-10-32-20(33)6-7-21(32)34/h6-7,11-12,14,26H,4-5,8-10,13H2,1-3H3,(H3,25,27,28,29). The summed E-state index contributed by atoms with van der Waals surface area (Å²) >= 11 is 0. The van der Waals surface area contributed by atoms with Crippen molar-refractivity contribution >= 4 is 40.3 Å². The van der Waals surface area contributed by atoms with Crippen LogP contribution in [0.4, 0.5) is 17.5 Å². The number of methoxy groups -OCH3 is 2. The van der Waals surface area contributed by atoms with Crippen LogP contribution in [0, 0.1) is 0 Å². The molecule has 36 heavy (non-hydrogen) atoms. The number of nitrogens with two attached hydrogens (primary N) is 1. The van der Waals surface area contributed by atoms with Gasteiger partial charge < -0.3 is 25.8 Å². The van der Waals surface area contributed by atoms with Crippen molar-refractivity contribution in [3.05, 3.63) is 36.0 Å². The average molecular weight is 495 g/mol. The molecule has 0 unspecified atom stereocenters. The summed E-state index contributed by atoms with van der Waals surface area (Å²) in [6, 6.07) is 3.67. The number of aromatic nitrogens is 4. The van der Waals surface area contributed by atoms with Crippen molar-refractivity contribution in [2.75, 3.05) is 50.2 Å². The van der Waals surface area contributed by atoms with E-state index in [-0.39, 0.29) is 24.3 Å². The predicted octanol–water partition coefficient (Wildman–Crippen LogP) is 2.02. The van der Waals surface area contributed by atoms with Gasteiger partial charge >= 0.3 is 0 Å². The summed E-state index contributed by atoms with van der Waals surface area (Å²) < 4.78 is 13.0. The van der Waals surface area contributed by atoms with Gasteiger partial charge in [0.05, 0.1) is 32.5 Å². The zero-order valence-corrected chi connectivity index (χ0v) is 20.6. The molecule has 0 fully saturated rings. The summed E-state index contributed by atoms with van der Waals surface area (Å²) in [7, 11) is 3.16. The van der Waals surface area contributed by atoms with Gasteiger partial charge in [0.25, 0.3) is 11.8 Å². The van der Waals surface area contributed by atoms with Crippen molar-refractivity contribution in [2.24, 2.45) is 0 Å². The fourth-order valence-electron chi connectivity index (χ4n) is 3.93. The van der Waals surface area contributed by atoms with Crippen molar-refractivity contribution in [3.8, 4) is 11.5 Å². The maximum Gasteiger partial charge on any atom is 0.253 e. The summed E-state index contributed by atoms with van der Waals surface area (Å²) in [6.45, 7) is 3.87. The fourth-order valence-corrected chi connectivity index (χ4v) is 3.93. The Bertz CT molecular complexity index is 1260. The van der Waals surface area contributed by atoms with Gasteiger partial charge in [0.15, 0.2) is 11.3 Å². The van der Waals surface area contributed by atoms with Crippen molar-refractivity contribution in [2.45, 2.75) is 26.3 Å². The molecule has 1 aromatic carbocycles. The number of nitrogens with one attached hydrogen (secondary N) is 2. The van der Waals surface area contributed by atoms with Gasteiger partial charge in [-0.15, -0.1) is 0 Å². The lowest BCUT2D eigenvalue weighted by Crippen LogP contribution is -2.34. The van der Waals surface area contributed by atoms with Crippen LogP contribution in [0.5, 0.6) is 11.5 Å². The Balaban J connectivity index is 1.54. The molecular weight excluding hydrogens is 464 g/mol. The van der Waals surface area contributed by atoms with E-state index >= 15 is 0 Å². The Kier molecular flexibility index (Phi) is 7.52. The molecule has 190 valence electrons. The molecule has 1 aliphatic heterocycles. The number of carbonyl (C=O) groups is 2. The number of fused-ring (bicyclic) bond motifs is 1. The highest BCUT2D eigenvalue weighted by atomic mass is 16.5. The van der Waals surface area contributed by atoms with Gasteiger partial charge in [0.2, 0.25) is 5.95 Å². The van der Waals surface area contributed by atoms with Crippen molar-refractivity contribution in [1.29, 1.82) is 0 Å². The number of carbonyl (C=O) groups excluding carboxylic acids is 2. The van der Waals surface area contributed by atoms with Gasteiger partial charge in [-0.3, -0.25) is 19.2 Å². The van der Waals surface area contributed by atoms with E-state index in [2.05, 4.69) is 32.6 Å². The third-order valence-electron chi connectivity index (χ3n) is 5.74. The average Bonchev–Trinajstić information content (AvgIpc) is 3.41. The van der Waals surface area contributed by atoms with Gasteiger partial charge in [0, 0.05) is 49.6 Å². The van der Waals surface area contributed by atoms with Crippen molar-refractivity contribution in [3.63, 3.8) is 0 Å². The van der Waals surface area contributed by atoms with Gasteiger partial charge in [-0.05, 0) is 6.42 Å². The molecule has 0 spiro atoms. The molecule has 4 rings (SSSR count). The lowest BCUT2D eigenvalue weighted by atomic mass is 10.1. The van der Waals surface area contributed by atoms with Crippen molar-refractivity contribution in [1.82, 2.24) is 24.6 Å². The number of hydrogen-bond donors (Lipinski definition) is 3. The van der Waals surface area contributed by atoms with Gasteiger partial charge in [-0.1, -0.05) is 13.3 Å². The van der Waals surface area contributed by atoms with Crippen LogP contribution >= 0.6 is 0 Å². The van der Waals surface area contributed by atoms with E-state index in [9.17, 15) is 9.59 Å². The Hall–Kier alpha value is -4.35. The summed E-state index contributed by atoms with van der Waals surface area (Å²) in [4.78, 5) is 33.3. The summed E-state index contributed by atoms with van der Waals surface area (Å²) in [6.07, 6.45) is 6.41. The smallest absolute Gasteiger partial charge is 0.253 e. The van der Waals surface area contributed by atoms with Crippen LogP contribution in [0.15, 0.2) is 30.5 Å². The van der Waals surface area contributed by atoms with Crippen LogP contribution in [0.25, 0.3) is 11.0 Å². The second kappa shape index (κ2) is 10.9. The molecule has 0 bridgehead atoms. The Morgan fingerprint density at radius 2 is 1.69 bits per heavy atom. The zero-order valence-electron chi connectivity index (χ0n) is 20.6. The molecule has 4 N–H and O–H groups in total. The topological polar surface area (TPSA) is 150 Å². The summed E-state index contributed by atoms with van der Waals surface area (Å²) in [5.41, 5.74) is 8.69. The maximum absolute atomic E-state index is 11.7. The maximum atomic E-state index is 11.7. The van der Waals surface area contributed by atoms with Crippen molar-refractivity contribution < 1.29 is 19.1 Å². The molecule has 3 aromatic rings. The number of benzene rings is 1. The SMILES string of the molecule is CCCCNc1nc(N)nc2cn(Cc3c(OC)cc(NCCN4C(=O)C=CC4=O)cc3OC)nc12. The second-order valence-corrected chi connectivity index (χ2v) is 8.22. The van der Waals surface area contributed by atoms with E-state index in [0.717, 1.165) is 30.6 Å². The number of ether oxygens (including phenoxy) is 2. The third-order valence-corrected chi connectivity index (χ3v) is 5.74. The molecule has 0 radical (unpaired) electrons. The largest absolute Gasteiger partial charge is 0.496 e. The highest BCUT2D eigenvalue weighted by Gasteiger charge is 2.22. The van der Waals surface area contributed by atoms with Gasteiger partial charge in [0.1, 0.15) is 17.0 Å². The second-order valence-electron chi connectivity index (χ2n) is 8.22. The Morgan fingerprint density at radius 1 is 1.00 bits per heavy atom. The number of amides is 2. The Morgan fingerprint density at radius 3 is 2.33 bits per heavy atom. The minimum Gasteiger partial charge on any atom is -0.496 e. The van der Waals surface area contributed by atoms with Crippen LogP contribution in [0.3, 0.4) is 0 Å². The molecule has 0 saturated heterocycles. The molecule has 0 aliphatic carbocycles. The molecule has 2 aromatic heterocycles. The minimum atomic E-state index is -0.311. The van der Waals surface area contributed by atoms with E-state index in [0.29, 0.717) is 41.4 Å². The molecule has 1 aliphatic rings. The molecule has 0 atom stereocenters. The first-order valence-electron chi connectivity index (χ1n) is 11.7. The van der Waals surface area contributed by atoms with E-state index in [1.807, 2.05) is 18.3 Å². The number of imide groups is 1. The van der Waals surface area contributed by atoms with Gasteiger partial charge in [-0.2, -0.15) is 10.1 Å². The first-order chi connectivity index (χ1) is 17.4. The molecule has 3 heterocycles. The monoisotopic (exact) mass is 494 g/mol. The third kappa shape index (κ3) is 5.32. The van der Waals surface area contributed by atoms with Crippen LogP contribution in [-0.4, -0.2) is 70.3 Å². The molecule has 2 amide bonds. The summed E-state index contributed by atoms with van der Waals surface area (Å²) in [5.74, 6) is 1.35. The number of hydrogen-bond acceptors (Lipinski definition) is 10. The molecule has 0 saturated carbocycles. The van der Waals surface area contributed by atoms with Gasteiger partial charge in [-0.25, -0.2) is 4.98 Å². The minimum absolute atomic E-state index is 0.180. The summed E-state index contributed by atoms with van der Waals surface area (Å²) in [5, 5.41) is 11.2. The van der Waals surface area contributed by atoms with Crippen LogP contribution in [0.1, 0.15) is 25.3 Å². The molecule has 12 heteroatoms. The number of anilines is 3. The quantitative estimate of drug-likeness (QED) is 0.252. The number of unbranched alkanes of at least 4 members (excludes halogenated alkanes) is 1. The van der Waals surface area contributed by atoms with E-state index < -0.39 is 0 Å². The first kappa shape index (κ1) is 24.8.